The van der Waals surface area contributed by atoms with Crippen molar-refractivity contribution < 1.29 is 23.8 Å². The Hall–Kier alpha value is -4.17. The number of aromatic nitrogens is 1. The van der Waals surface area contributed by atoms with Gasteiger partial charge in [-0.15, -0.1) is 0 Å². The molecule has 0 N–H and O–H groups in total. The normalized spacial score (nSPS) is 14.2. The highest BCUT2D eigenvalue weighted by Gasteiger charge is 2.40. The standard InChI is InChI=1S/C32H31NO6S/c1-3-37-30(34)29(31(35)38-4-2)26-20-22-9-5-6-10-24(22)25(26)19-21-13-15-23(16-14-21)39-18-17-33-27-11-7-8-12-28(27)40-32(33)36/h5-16,20,25,29H,3-4,17-19H2,1-2H3. The molecule has 0 fully saturated rings. The third-order valence-corrected chi connectivity index (χ3v) is 7.95. The highest BCUT2D eigenvalue weighted by atomic mass is 32.1. The molecule has 0 spiro atoms. The molecule has 3 aromatic carbocycles. The molecule has 8 heteroatoms. The molecular formula is C32H31NO6S. The molecule has 7 nitrogen and oxygen atoms in total. The van der Waals surface area contributed by atoms with Gasteiger partial charge in [-0.05, 0) is 66.8 Å². The van der Waals surface area contributed by atoms with Gasteiger partial charge in [-0.3, -0.25) is 19.0 Å². The van der Waals surface area contributed by atoms with Crippen LogP contribution >= 0.6 is 11.3 Å². The molecular weight excluding hydrogens is 526 g/mol. The fourth-order valence-corrected chi connectivity index (χ4v) is 6.11. The number of hydrogen-bond acceptors (Lipinski definition) is 7. The van der Waals surface area contributed by atoms with Crippen LogP contribution in [0.3, 0.4) is 0 Å². The summed E-state index contributed by atoms with van der Waals surface area (Å²) in [4.78, 5) is 38.2. The van der Waals surface area contributed by atoms with Gasteiger partial charge in [0.15, 0.2) is 5.92 Å². The van der Waals surface area contributed by atoms with Crippen molar-refractivity contribution in [2.75, 3.05) is 19.8 Å². The van der Waals surface area contributed by atoms with Crippen molar-refractivity contribution >= 4 is 39.6 Å². The van der Waals surface area contributed by atoms with Gasteiger partial charge >= 0.3 is 16.8 Å². The zero-order chi connectivity index (χ0) is 28.1. The number of para-hydroxylation sites is 1. The molecule has 0 radical (unpaired) electrons. The SMILES string of the molecule is CCOC(=O)C(C(=O)OCC)C1=Cc2ccccc2C1Cc1ccc(OCCn2c(=O)sc3ccccc32)cc1. The van der Waals surface area contributed by atoms with E-state index in [0.29, 0.717) is 30.9 Å². The number of hydrogen-bond donors (Lipinski definition) is 0. The van der Waals surface area contributed by atoms with Crippen LogP contribution in [0.15, 0.2) is 83.2 Å². The molecule has 206 valence electrons. The van der Waals surface area contributed by atoms with Gasteiger partial charge in [-0.25, -0.2) is 0 Å². The van der Waals surface area contributed by atoms with Crippen LogP contribution in [0.2, 0.25) is 0 Å². The average Bonchev–Trinajstić information content (AvgIpc) is 3.47. The van der Waals surface area contributed by atoms with Gasteiger partial charge in [-0.2, -0.15) is 0 Å². The van der Waals surface area contributed by atoms with Gasteiger partial charge in [-0.1, -0.05) is 65.9 Å². The topological polar surface area (TPSA) is 83.8 Å². The van der Waals surface area contributed by atoms with E-state index in [0.717, 1.165) is 26.9 Å². The first-order chi connectivity index (χ1) is 19.5. The third kappa shape index (κ3) is 5.72. The van der Waals surface area contributed by atoms with Crippen molar-refractivity contribution in [2.45, 2.75) is 32.7 Å². The first-order valence-corrected chi connectivity index (χ1v) is 14.3. The number of thiazole rings is 1. The smallest absolute Gasteiger partial charge is 0.324 e. The van der Waals surface area contributed by atoms with Gasteiger partial charge in [0.25, 0.3) is 0 Å². The van der Waals surface area contributed by atoms with E-state index in [-0.39, 0.29) is 24.0 Å². The Morgan fingerprint density at radius 1 is 0.900 bits per heavy atom. The monoisotopic (exact) mass is 557 g/mol. The van der Waals surface area contributed by atoms with E-state index in [2.05, 4.69) is 0 Å². The fraction of sp³-hybridized carbons (Fsp3) is 0.281. The van der Waals surface area contributed by atoms with Gasteiger partial charge in [0.05, 0.1) is 30.0 Å². The van der Waals surface area contributed by atoms with Crippen molar-refractivity contribution in [1.29, 1.82) is 0 Å². The van der Waals surface area contributed by atoms with Crippen LogP contribution in [-0.2, 0) is 32.0 Å². The number of fused-ring (bicyclic) bond motifs is 2. The summed E-state index contributed by atoms with van der Waals surface area (Å²) in [7, 11) is 0. The molecule has 1 heterocycles. The Morgan fingerprint density at radius 2 is 1.57 bits per heavy atom. The van der Waals surface area contributed by atoms with E-state index in [4.69, 9.17) is 14.2 Å². The molecule has 0 saturated heterocycles. The quantitative estimate of drug-likeness (QED) is 0.176. The van der Waals surface area contributed by atoms with E-state index < -0.39 is 17.9 Å². The maximum atomic E-state index is 12.9. The summed E-state index contributed by atoms with van der Waals surface area (Å²) in [5.41, 5.74) is 4.68. The van der Waals surface area contributed by atoms with Crippen LogP contribution in [0.5, 0.6) is 5.75 Å². The molecule has 1 unspecified atom stereocenters. The van der Waals surface area contributed by atoms with Crippen LogP contribution < -0.4 is 9.61 Å². The van der Waals surface area contributed by atoms with Gasteiger partial charge in [0.2, 0.25) is 0 Å². The van der Waals surface area contributed by atoms with Crippen molar-refractivity contribution in [1.82, 2.24) is 4.57 Å². The summed E-state index contributed by atoms with van der Waals surface area (Å²) in [5, 5.41) is 0. The number of carbonyl (C=O) groups is 2. The van der Waals surface area contributed by atoms with Crippen LogP contribution in [0.25, 0.3) is 16.3 Å². The van der Waals surface area contributed by atoms with Gasteiger partial charge in [0.1, 0.15) is 12.4 Å². The summed E-state index contributed by atoms with van der Waals surface area (Å²) in [6, 6.07) is 23.5. The Balaban J connectivity index is 1.31. The van der Waals surface area contributed by atoms with Crippen molar-refractivity contribution in [3.8, 4) is 5.75 Å². The minimum atomic E-state index is -1.11. The Bertz CT molecular complexity index is 1580. The van der Waals surface area contributed by atoms with Crippen molar-refractivity contribution in [2.24, 2.45) is 5.92 Å². The van der Waals surface area contributed by atoms with E-state index in [1.165, 1.54) is 11.3 Å². The van der Waals surface area contributed by atoms with Crippen LogP contribution in [0.1, 0.15) is 36.5 Å². The molecule has 5 rings (SSSR count). The molecule has 0 saturated carbocycles. The van der Waals surface area contributed by atoms with E-state index >= 15 is 0 Å². The molecule has 1 atom stereocenters. The Kier molecular flexibility index (Phi) is 8.45. The highest BCUT2D eigenvalue weighted by molar-refractivity contribution is 7.16. The Morgan fingerprint density at radius 3 is 2.30 bits per heavy atom. The predicted octanol–water partition coefficient (Wildman–Crippen LogP) is 5.61. The number of ether oxygens (including phenoxy) is 3. The highest BCUT2D eigenvalue weighted by Crippen LogP contribution is 2.43. The first kappa shape index (κ1) is 27.4. The zero-order valence-electron chi connectivity index (χ0n) is 22.5. The fourth-order valence-electron chi connectivity index (χ4n) is 5.19. The lowest BCUT2D eigenvalue weighted by atomic mass is 9.83. The number of rotatable bonds is 11. The number of nitrogens with zero attached hydrogens (tertiary/aromatic N) is 1. The van der Waals surface area contributed by atoms with Crippen molar-refractivity contribution in [3.05, 3.63) is 105 Å². The average molecular weight is 558 g/mol. The maximum absolute atomic E-state index is 12.9. The summed E-state index contributed by atoms with van der Waals surface area (Å²) >= 11 is 1.24. The Labute approximate surface area is 236 Å². The summed E-state index contributed by atoms with van der Waals surface area (Å²) in [5.74, 6) is -1.77. The summed E-state index contributed by atoms with van der Waals surface area (Å²) in [6.07, 6.45) is 2.51. The minimum Gasteiger partial charge on any atom is -0.492 e. The van der Waals surface area contributed by atoms with E-state index in [1.807, 2.05) is 78.9 Å². The lowest BCUT2D eigenvalue weighted by molar-refractivity contribution is -0.159. The number of esters is 2. The molecule has 1 aliphatic carbocycles. The maximum Gasteiger partial charge on any atom is 0.324 e. The molecule has 40 heavy (non-hydrogen) atoms. The second-order valence-corrected chi connectivity index (χ2v) is 10.4. The third-order valence-electron chi connectivity index (χ3n) is 6.99. The van der Waals surface area contributed by atoms with Crippen LogP contribution in [0.4, 0.5) is 0 Å². The minimum absolute atomic E-state index is 0.00444. The predicted molar refractivity (Wildman–Crippen MR) is 156 cm³/mol. The van der Waals surface area contributed by atoms with Gasteiger partial charge < -0.3 is 14.2 Å². The molecule has 1 aromatic heterocycles. The van der Waals surface area contributed by atoms with Crippen molar-refractivity contribution in [3.63, 3.8) is 0 Å². The van der Waals surface area contributed by atoms with Crippen LogP contribution in [0, 0.1) is 5.92 Å². The summed E-state index contributed by atoms with van der Waals surface area (Å²) < 4.78 is 19.2. The van der Waals surface area contributed by atoms with E-state index in [9.17, 15) is 14.4 Å². The molecule has 0 bridgehead atoms. The zero-order valence-corrected chi connectivity index (χ0v) is 23.3. The number of carbonyl (C=O) groups excluding carboxylic acids is 2. The molecule has 0 aliphatic heterocycles. The first-order valence-electron chi connectivity index (χ1n) is 13.4. The summed E-state index contributed by atoms with van der Waals surface area (Å²) in [6.45, 7) is 4.63. The second kappa shape index (κ2) is 12.3. The molecule has 0 amide bonds. The van der Waals surface area contributed by atoms with Gasteiger partial charge in [0, 0.05) is 5.92 Å². The molecule has 4 aromatic rings. The molecule has 1 aliphatic rings. The second-order valence-electron chi connectivity index (χ2n) is 9.45. The number of benzene rings is 3. The van der Waals surface area contributed by atoms with E-state index in [1.54, 1.807) is 18.4 Å². The largest absolute Gasteiger partial charge is 0.492 e. The lowest BCUT2D eigenvalue weighted by Gasteiger charge is -2.23. The van der Waals surface area contributed by atoms with Crippen LogP contribution in [-0.4, -0.2) is 36.3 Å². The lowest BCUT2D eigenvalue weighted by Crippen LogP contribution is -2.31.